The zero-order valence-corrected chi connectivity index (χ0v) is 20.2. The molecule has 0 saturated carbocycles. The van der Waals surface area contributed by atoms with Crippen LogP contribution < -0.4 is 15.5 Å². The van der Waals surface area contributed by atoms with Gasteiger partial charge < -0.3 is 15.5 Å². The van der Waals surface area contributed by atoms with Gasteiger partial charge in [0.2, 0.25) is 11.9 Å². The minimum Gasteiger partial charge on any atom is -0.341 e. The fraction of sp³-hybridized carbons (Fsp3) is 0.296. The quantitative estimate of drug-likeness (QED) is 0.463. The monoisotopic (exact) mass is 484 g/mol. The van der Waals surface area contributed by atoms with Crippen molar-refractivity contribution in [2.45, 2.75) is 32.6 Å². The molecule has 2 aliphatic rings. The Morgan fingerprint density at radius 1 is 0.917 bits per heavy atom. The molecular formula is C27H28N6O3. The van der Waals surface area contributed by atoms with Gasteiger partial charge in [-0.1, -0.05) is 12.1 Å². The van der Waals surface area contributed by atoms with Gasteiger partial charge >= 0.3 is 0 Å². The summed E-state index contributed by atoms with van der Waals surface area (Å²) in [6.45, 7) is 4.13. The van der Waals surface area contributed by atoms with E-state index in [4.69, 9.17) is 0 Å². The fourth-order valence-electron chi connectivity index (χ4n) is 4.52. The molecule has 0 spiro atoms. The second-order valence-corrected chi connectivity index (χ2v) is 9.05. The van der Waals surface area contributed by atoms with E-state index >= 15 is 0 Å². The lowest BCUT2D eigenvalue weighted by Crippen LogP contribution is -2.31. The van der Waals surface area contributed by atoms with Crippen LogP contribution in [0.4, 0.5) is 23.1 Å². The van der Waals surface area contributed by atoms with Crippen LogP contribution >= 0.6 is 0 Å². The second kappa shape index (κ2) is 10.2. The number of hydrogen-bond acceptors (Lipinski definition) is 7. The van der Waals surface area contributed by atoms with Gasteiger partial charge in [-0.2, -0.15) is 4.98 Å². The number of nitrogens with one attached hydrogen (secondary N) is 2. The Labute approximate surface area is 209 Å². The summed E-state index contributed by atoms with van der Waals surface area (Å²) in [4.78, 5) is 49.9. The van der Waals surface area contributed by atoms with E-state index in [1.165, 1.54) is 4.90 Å². The molecule has 5 rings (SSSR count). The van der Waals surface area contributed by atoms with Crippen LogP contribution in [-0.4, -0.2) is 52.2 Å². The average Bonchev–Trinajstić information content (AvgIpc) is 3.49. The smallest absolute Gasteiger partial charge is 0.261 e. The maximum atomic E-state index is 12.4. The van der Waals surface area contributed by atoms with E-state index in [9.17, 15) is 14.4 Å². The van der Waals surface area contributed by atoms with Gasteiger partial charge in [0.15, 0.2) is 0 Å². The highest BCUT2D eigenvalue weighted by molar-refractivity contribution is 6.21. The molecule has 36 heavy (non-hydrogen) atoms. The zero-order valence-electron chi connectivity index (χ0n) is 20.2. The Kier molecular flexibility index (Phi) is 6.62. The molecule has 2 aliphatic heterocycles. The van der Waals surface area contributed by atoms with Crippen LogP contribution in [0.25, 0.3) is 0 Å². The number of carbonyl (C=O) groups excluding carboxylic acids is 3. The highest BCUT2D eigenvalue weighted by atomic mass is 16.2. The first kappa shape index (κ1) is 23.5. The van der Waals surface area contributed by atoms with Gasteiger partial charge in [0.05, 0.1) is 11.1 Å². The molecule has 3 aromatic rings. The van der Waals surface area contributed by atoms with Crippen molar-refractivity contribution < 1.29 is 14.4 Å². The largest absolute Gasteiger partial charge is 0.341 e. The van der Waals surface area contributed by atoms with Gasteiger partial charge in [-0.25, -0.2) is 4.98 Å². The van der Waals surface area contributed by atoms with E-state index in [-0.39, 0.29) is 30.7 Å². The summed E-state index contributed by atoms with van der Waals surface area (Å²) in [7, 11) is 0. The highest BCUT2D eigenvalue weighted by Gasteiger charge is 2.34. The minimum absolute atomic E-state index is 0.172. The average molecular weight is 485 g/mol. The van der Waals surface area contributed by atoms with Crippen LogP contribution in [0.2, 0.25) is 0 Å². The number of amides is 3. The molecular weight excluding hydrogens is 456 g/mol. The first-order valence-corrected chi connectivity index (χ1v) is 12.2. The number of rotatable bonds is 8. The molecule has 0 bridgehead atoms. The molecule has 184 valence electrons. The number of benzene rings is 2. The number of imide groups is 1. The van der Waals surface area contributed by atoms with E-state index in [1.54, 1.807) is 24.3 Å². The molecule has 0 unspecified atom stereocenters. The Morgan fingerprint density at radius 3 is 2.22 bits per heavy atom. The van der Waals surface area contributed by atoms with Crippen LogP contribution in [-0.2, 0) is 4.79 Å². The van der Waals surface area contributed by atoms with Crippen LogP contribution in [0.3, 0.4) is 0 Å². The van der Waals surface area contributed by atoms with Gasteiger partial charge in [-0.05, 0) is 62.6 Å². The number of carbonyl (C=O) groups is 3. The lowest BCUT2D eigenvalue weighted by molar-refractivity contribution is -0.116. The molecule has 0 atom stereocenters. The fourth-order valence-corrected chi connectivity index (χ4v) is 4.52. The van der Waals surface area contributed by atoms with E-state index in [0.29, 0.717) is 23.2 Å². The van der Waals surface area contributed by atoms with Gasteiger partial charge in [0.1, 0.15) is 5.82 Å². The number of fused-ring (bicyclic) bond motifs is 1. The van der Waals surface area contributed by atoms with Gasteiger partial charge in [-0.15, -0.1) is 0 Å². The third kappa shape index (κ3) is 5.05. The Balaban J connectivity index is 1.12. The van der Waals surface area contributed by atoms with Gasteiger partial charge in [0, 0.05) is 49.2 Å². The summed E-state index contributed by atoms with van der Waals surface area (Å²) in [5.74, 6) is 0.708. The lowest BCUT2D eigenvalue weighted by Gasteiger charge is -2.17. The Bertz CT molecular complexity index is 1270. The van der Waals surface area contributed by atoms with Crippen molar-refractivity contribution in [2.24, 2.45) is 0 Å². The van der Waals surface area contributed by atoms with Crippen molar-refractivity contribution >= 4 is 40.9 Å². The van der Waals surface area contributed by atoms with Crippen molar-refractivity contribution in [3.63, 3.8) is 0 Å². The maximum Gasteiger partial charge on any atom is 0.261 e. The molecule has 3 amide bonds. The number of anilines is 4. The highest BCUT2D eigenvalue weighted by Crippen LogP contribution is 2.24. The third-order valence-electron chi connectivity index (χ3n) is 6.34. The Hall–Kier alpha value is -4.27. The lowest BCUT2D eigenvalue weighted by atomic mass is 10.1. The zero-order chi connectivity index (χ0) is 25.1. The van der Waals surface area contributed by atoms with Crippen LogP contribution in [0.15, 0.2) is 54.6 Å². The Morgan fingerprint density at radius 2 is 1.56 bits per heavy atom. The van der Waals surface area contributed by atoms with E-state index < -0.39 is 0 Å². The van der Waals surface area contributed by atoms with E-state index in [2.05, 4.69) is 25.5 Å². The van der Waals surface area contributed by atoms with E-state index in [0.717, 1.165) is 49.1 Å². The summed E-state index contributed by atoms with van der Waals surface area (Å²) in [5, 5.41) is 6.18. The number of hydrogen-bond donors (Lipinski definition) is 2. The standard InChI is InChI=1S/C27H28N6O3/c1-18-17-23(31-27(28-18)32-14-4-5-15-32)29-19-10-12-20(13-11-19)30-24(34)9-6-16-33-25(35)21-7-2-3-8-22(21)26(33)36/h2-3,7-8,10-13,17H,4-6,9,14-16H2,1H3,(H,30,34)(H,28,29,31). The minimum atomic E-state index is -0.300. The molecule has 1 aromatic heterocycles. The third-order valence-corrected chi connectivity index (χ3v) is 6.34. The summed E-state index contributed by atoms with van der Waals surface area (Å²) in [5.41, 5.74) is 3.27. The van der Waals surface area contributed by atoms with Crippen LogP contribution in [0, 0.1) is 6.92 Å². The number of nitrogens with zero attached hydrogens (tertiary/aromatic N) is 4. The first-order chi connectivity index (χ1) is 17.5. The topological polar surface area (TPSA) is 108 Å². The predicted octanol–water partition coefficient (Wildman–Crippen LogP) is 4.14. The predicted molar refractivity (Wildman–Crippen MR) is 138 cm³/mol. The van der Waals surface area contributed by atoms with Crippen molar-refractivity contribution in [3.8, 4) is 0 Å². The molecule has 1 fully saturated rings. The summed E-state index contributed by atoms with van der Waals surface area (Å²) >= 11 is 0. The molecule has 3 heterocycles. The summed E-state index contributed by atoms with van der Waals surface area (Å²) in [6.07, 6.45) is 2.92. The molecule has 9 heteroatoms. The maximum absolute atomic E-state index is 12.4. The SMILES string of the molecule is Cc1cc(Nc2ccc(NC(=O)CCCN3C(=O)c4ccccc4C3=O)cc2)nc(N2CCCC2)n1. The van der Waals surface area contributed by atoms with Crippen LogP contribution in [0.5, 0.6) is 0 Å². The van der Waals surface area contributed by atoms with Gasteiger partial charge in [0.25, 0.3) is 11.8 Å². The second-order valence-electron chi connectivity index (χ2n) is 9.05. The normalized spacial score (nSPS) is 14.8. The number of aromatic nitrogens is 2. The summed E-state index contributed by atoms with van der Waals surface area (Å²) < 4.78 is 0. The van der Waals surface area contributed by atoms with Crippen LogP contribution in [0.1, 0.15) is 52.1 Å². The van der Waals surface area contributed by atoms with E-state index in [1.807, 2.05) is 37.3 Å². The van der Waals surface area contributed by atoms with Crippen molar-refractivity contribution in [1.82, 2.24) is 14.9 Å². The van der Waals surface area contributed by atoms with Crippen molar-refractivity contribution in [1.29, 1.82) is 0 Å². The molecule has 9 nitrogen and oxygen atoms in total. The molecule has 2 aromatic carbocycles. The first-order valence-electron chi connectivity index (χ1n) is 12.2. The number of aryl methyl sites for hydroxylation is 1. The van der Waals surface area contributed by atoms with Crippen molar-refractivity contribution in [2.75, 3.05) is 35.2 Å². The molecule has 0 radical (unpaired) electrons. The van der Waals surface area contributed by atoms with Gasteiger partial charge in [-0.3, -0.25) is 19.3 Å². The molecule has 1 saturated heterocycles. The summed E-state index contributed by atoms with van der Waals surface area (Å²) in [6, 6.07) is 16.1. The molecule has 2 N–H and O–H groups in total. The molecule has 0 aliphatic carbocycles. The van der Waals surface area contributed by atoms with Crippen molar-refractivity contribution in [3.05, 3.63) is 71.4 Å².